The van der Waals surface area contributed by atoms with E-state index in [-0.39, 0.29) is 6.04 Å². The molecule has 1 atom stereocenters. The standard InChI is InChI=1S/C12H21NO4/c1-6-16-10(14)8-7-9(2)13-11(15)17-12(3,4)5/h7-9H,6H2,1-5H3,(H,13,15)/t9-/m1/s1. The minimum atomic E-state index is -0.533. The molecule has 0 rings (SSSR count). The van der Waals surface area contributed by atoms with E-state index in [0.29, 0.717) is 6.61 Å². The van der Waals surface area contributed by atoms with Crippen molar-refractivity contribution in [1.82, 2.24) is 5.32 Å². The van der Waals surface area contributed by atoms with Gasteiger partial charge in [-0.25, -0.2) is 9.59 Å². The predicted octanol–water partition coefficient (Wildman–Crippen LogP) is 2.02. The van der Waals surface area contributed by atoms with E-state index < -0.39 is 17.7 Å². The highest BCUT2D eigenvalue weighted by molar-refractivity contribution is 5.82. The van der Waals surface area contributed by atoms with Gasteiger partial charge in [-0.15, -0.1) is 0 Å². The summed E-state index contributed by atoms with van der Waals surface area (Å²) in [6, 6.07) is -0.297. The summed E-state index contributed by atoms with van der Waals surface area (Å²) in [6.07, 6.45) is 2.31. The van der Waals surface area contributed by atoms with Crippen LogP contribution in [0.4, 0.5) is 4.79 Å². The smallest absolute Gasteiger partial charge is 0.408 e. The molecular formula is C12H21NO4. The molecule has 1 N–H and O–H groups in total. The van der Waals surface area contributed by atoms with Gasteiger partial charge in [0.05, 0.1) is 6.61 Å². The average Bonchev–Trinajstić information content (AvgIpc) is 2.12. The van der Waals surface area contributed by atoms with Crippen molar-refractivity contribution >= 4 is 12.1 Å². The van der Waals surface area contributed by atoms with Crippen LogP contribution in [0.15, 0.2) is 12.2 Å². The Kier molecular flexibility index (Phi) is 6.31. The van der Waals surface area contributed by atoms with Crippen LogP contribution < -0.4 is 5.32 Å². The highest BCUT2D eigenvalue weighted by atomic mass is 16.6. The van der Waals surface area contributed by atoms with E-state index in [1.54, 1.807) is 40.7 Å². The van der Waals surface area contributed by atoms with Crippen LogP contribution in [-0.2, 0) is 14.3 Å². The van der Waals surface area contributed by atoms with Gasteiger partial charge in [0.1, 0.15) is 5.60 Å². The van der Waals surface area contributed by atoms with Crippen molar-refractivity contribution in [3.8, 4) is 0 Å². The SMILES string of the molecule is CCOC(=O)C=C[C@@H](C)NC(=O)OC(C)(C)C. The maximum Gasteiger partial charge on any atom is 0.408 e. The number of esters is 1. The van der Waals surface area contributed by atoms with Crippen molar-refractivity contribution in [2.45, 2.75) is 46.3 Å². The van der Waals surface area contributed by atoms with Crippen LogP contribution in [0.3, 0.4) is 0 Å². The van der Waals surface area contributed by atoms with Gasteiger partial charge < -0.3 is 14.8 Å². The van der Waals surface area contributed by atoms with Crippen LogP contribution in [0, 0.1) is 0 Å². The number of rotatable bonds is 4. The number of ether oxygens (including phenoxy) is 2. The molecular weight excluding hydrogens is 222 g/mol. The fourth-order valence-electron chi connectivity index (χ4n) is 0.955. The molecule has 0 radical (unpaired) electrons. The summed E-state index contributed by atoms with van der Waals surface area (Å²) < 4.78 is 9.77. The summed E-state index contributed by atoms with van der Waals surface area (Å²) in [5.74, 6) is -0.426. The summed E-state index contributed by atoms with van der Waals surface area (Å²) in [7, 11) is 0. The van der Waals surface area contributed by atoms with Crippen molar-refractivity contribution in [2.75, 3.05) is 6.61 Å². The maximum atomic E-state index is 11.4. The topological polar surface area (TPSA) is 64.6 Å². The Morgan fingerprint density at radius 1 is 1.35 bits per heavy atom. The molecule has 0 heterocycles. The van der Waals surface area contributed by atoms with Crippen molar-refractivity contribution in [3.63, 3.8) is 0 Å². The van der Waals surface area contributed by atoms with E-state index in [9.17, 15) is 9.59 Å². The molecule has 0 unspecified atom stereocenters. The Balaban J connectivity index is 4.05. The average molecular weight is 243 g/mol. The summed E-state index contributed by atoms with van der Waals surface area (Å²) in [4.78, 5) is 22.4. The van der Waals surface area contributed by atoms with Crippen LogP contribution >= 0.6 is 0 Å². The Labute approximate surface area is 102 Å². The molecule has 0 bridgehead atoms. The van der Waals surface area contributed by atoms with Gasteiger partial charge in [0.15, 0.2) is 0 Å². The third-order valence-corrected chi connectivity index (χ3v) is 1.55. The van der Waals surface area contributed by atoms with Gasteiger partial charge in [0.2, 0.25) is 0 Å². The second kappa shape index (κ2) is 6.93. The van der Waals surface area contributed by atoms with Crippen molar-refractivity contribution in [2.24, 2.45) is 0 Å². The van der Waals surface area contributed by atoms with Gasteiger partial charge in [0.25, 0.3) is 0 Å². The second-order valence-corrected chi connectivity index (χ2v) is 4.55. The fourth-order valence-corrected chi connectivity index (χ4v) is 0.955. The normalized spacial score (nSPS) is 13.2. The van der Waals surface area contributed by atoms with E-state index in [1.165, 1.54) is 6.08 Å². The highest BCUT2D eigenvalue weighted by Crippen LogP contribution is 2.06. The molecule has 98 valence electrons. The molecule has 5 heteroatoms. The lowest BCUT2D eigenvalue weighted by atomic mass is 10.2. The van der Waals surface area contributed by atoms with Crippen molar-refractivity contribution in [1.29, 1.82) is 0 Å². The number of carbonyl (C=O) groups excluding carboxylic acids is 2. The molecule has 0 spiro atoms. The molecule has 0 aliphatic rings. The molecule has 5 nitrogen and oxygen atoms in total. The Bertz CT molecular complexity index is 291. The van der Waals surface area contributed by atoms with Crippen LogP contribution in [-0.4, -0.2) is 30.3 Å². The van der Waals surface area contributed by atoms with Crippen LogP contribution in [0.25, 0.3) is 0 Å². The van der Waals surface area contributed by atoms with Gasteiger partial charge in [-0.3, -0.25) is 0 Å². The first-order chi connectivity index (χ1) is 7.74. The summed E-state index contributed by atoms with van der Waals surface area (Å²) in [5, 5.41) is 2.58. The van der Waals surface area contributed by atoms with Crippen LogP contribution in [0.5, 0.6) is 0 Å². The quantitative estimate of drug-likeness (QED) is 0.606. The molecule has 0 saturated heterocycles. The zero-order valence-electron chi connectivity index (χ0n) is 11.1. The Hall–Kier alpha value is -1.52. The molecule has 0 aliphatic heterocycles. The number of carbonyl (C=O) groups is 2. The third-order valence-electron chi connectivity index (χ3n) is 1.55. The number of hydrogen-bond acceptors (Lipinski definition) is 4. The Morgan fingerprint density at radius 2 is 1.94 bits per heavy atom. The number of hydrogen-bond donors (Lipinski definition) is 1. The lowest BCUT2D eigenvalue weighted by Crippen LogP contribution is -2.36. The lowest BCUT2D eigenvalue weighted by molar-refractivity contribution is -0.137. The first-order valence-electron chi connectivity index (χ1n) is 5.59. The molecule has 0 aromatic heterocycles. The minimum Gasteiger partial charge on any atom is -0.463 e. The first kappa shape index (κ1) is 15.5. The van der Waals surface area contributed by atoms with E-state index in [2.05, 4.69) is 5.32 Å². The van der Waals surface area contributed by atoms with Gasteiger partial charge in [0, 0.05) is 12.1 Å². The number of nitrogens with one attached hydrogen (secondary N) is 1. The van der Waals surface area contributed by atoms with E-state index in [0.717, 1.165) is 0 Å². The largest absolute Gasteiger partial charge is 0.463 e. The minimum absolute atomic E-state index is 0.297. The molecule has 0 aromatic rings. The van der Waals surface area contributed by atoms with Gasteiger partial charge in [-0.1, -0.05) is 6.08 Å². The zero-order valence-corrected chi connectivity index (χ0v) is 11.1. The summed E-state index contributed by atoms with van der Waals surface area (Å²) in [5.41, 5.74) is -0.533. The fraction of sp³-hybridized carbons (Fsp3) is 0.667. The molecule has 0 aromatic carbocycles. The second-order valence-electron chi connectivity index (χ2n) is 4.55. The van der Waals surface area contributed by atoms with E-state index in [1.807, 2.05) is 0 Å². The maximum absolute atomic E-state index is 11.4. The van der Waals surface area contributed by atoms with E-state index in [4.69, 9.17) is 9.47 Å². The predicted molar refractivity (Wildman–Crippen MR) is 64.6 cm³/mol. The van der Waals surface area contributed by atoms with Crippen LogP contribution in [0.1, 0.15) is 34.6 Å². The van der Waals surface area contributed by atoms with E-state index >= 15 is 0 Å². The molecule has 1 amide bonds. The molecule has 0 aliphatic carbocycles. The van der Waals surface area contributed by atoms with Crippen molar-refractivity contribution in [3.05, 3.63) is 12.2 Å². The van der Waals surface area contributed by atoms with Gasteiger partial charge in [-0.05, 0) is 34.6 Å². The number of alkyl carbamates (subject to hydrolysis) is 1. The van der Waals surface area contributed by atoms with Crippen molar-refractivity contribution < 1.29 is 19.1 Å². The summed E-state index contributed by atoms with van der Waals surface area (Å²) in [6.45, 7) is 9.15. The summed E-state index contributed by atoms with van der Waals surface area (Å²) >= 11 is 0. The van der Waals surface area contributed by atoms with Gasteiger partial charge >= 0.3 is 12.1 Å². The highest BCUT2D eigenvalue weighted by Gasteiger charge is 2.16. The van der Waals surface area contributed by atoms with Gasteiger partial charge in [-0.2, -0.15) is 0 Å². The third kappa shape index (κ3) is 9.41. The molecule has 0 fully saturated rings. The monoisotopic (exact) mass is 243 g/mol. The molecule has 17 heavy (non-hydrogen) atoms. The Morgan fingerprint density at radius 3 is 2.41 bits per heavy atom. The molecule has 0 saturated carbocycles. The number of amides is 1. The first-order valence-corrected chi connectivity index (χ1v) is 5.59. The lowest BCUT2D eigenvalue weighted by Gasteiger charge is -2.20. The zero-order chi connectivity index (χ0) is 13.5. The van der Waals surface area contributed by atoms with Crippen LogP contribution in [0.2, 0.25) is 0 Å².